The number of hydrogen-bond donors (Lipinski definition) is 1. The third-order valence-electron chi connectivity index (χ3n) is 2.70. The van der Waals surface area contributed by atoms with Gasteiger partial charge >= 0.3 is 0 Å². The molecule has 90 valence electrons. The summed E-state index contributed by atoms with van der Waals surface area (Å²) < 4.78 is 11.0. The summed E-state index contributed by atoms with van der Waals surface area (Å²) in [6.07, 6.45) is 0. The van der Waals surface area contributed by atoms with E-state index < -0.39 is 0 Å². The van der Waals surface area contributed by atoms with Crippen molar-refractivity contribution in [3.8, 4) is 11.5 Å². The van der Waals surface area contributed by atoms with Gasteiger partial charge in [-0.15, -0.1) is 0 Å². The molecule has 0 aliphatic rings. The van der Waals surface area contributed by atoms with Crippen LogP contribution in [-0.2, 0) is 0 Å². The number of benzene rings is 1. The van der Waals surface area contributed by atoms with Gasteiger partial charge in [0, 0.05) is 5.92 Å². The first-order chi connectivity index (χ1) is 7.69. The van der Waals surface area contributed by atoms with Gasteiger partial charge in [-0.3, -0.25) is 0 Å². The van der Waals surface area contributed by atoms with E-state index in [1.807, 2.05) is 24.3 Å². The Bertz CT molecular complexity index is 313. The smallest absolute Gasteiger partial charge is 0.161 e. The van der Waals surface area contributed by atoms with Crippen molar-refractivity contribution in [1.29, 1.82) is 0 Å². The highest BCUT2D eigenvalue weighted by Crippen LogP contribution is 2.27. The van der Waals surface area contributed by atoms with E-state index in [9.17, 15) is 0 Å². The van der Waals surface area contributed by atoms with E-state index >= 15 is 0 Å². The third kappa shape index (κ3) is 3.63. The van der Waals surface area contributed by atoms with Gasteiger partial charge in [-0.2, -0.15) is 12.6 Å². The van der Waals surface area contributed by atoms with Gasteiger partial charge in [0.05, 0.1) is 13.7 Å². The number of hydrogen-bond acceptors (Lipinski definition) is 3. The maximum absolute atomic E-state index is 5.77. The zero-order valence-electron chi connectivity index (χ0n) is 10.1. The lowest BCUT2D eigenvalue weighted by atomic mass is 9.99. The van der Waals surface area contributed by atoms with Crippen molar-refractivity contribution in [3.63, 3.8) is 0 Å². The summed E-state index contributed by atoms with van der Waals surface area (Å²) >= 11 is 4.34. The van der Waals surface area contributed by atoms with Crippen LogP contribution in [0.25, 0.3) is 0 Å². The molecule has 0 saturated heterocycles. The number of ether oxygens (including phenoxy) is 2. The van der Waals surface area contributed by atoms with Crippen molar-refractivity contribution in [3.05, 3.63) is 24.3 Å². The van der Waals surface area contributed by atoms with Crippen LogP contribution in [0.1, 0.15) is 13.8 Å². The number of methoxy groups -OCH3 is 1. The molecule has 0 aliphatic heterocycles. The molecule has 1 aromatic carbocycles. The van der Waals surface area contributed by atoms with Crippen LogP contribution >= 0.6 is 12.6 Å². The molecule has 0 N–H and O–H groups in total. The van der Waals surface area contributed by atoms with Crippen molar-refractivity contribution in [1.82, 2.24) is 0 Å². The molecule has 1 aromatic rings. The summed E-state index contributed by atoms with van der Waals surface area (Å²) in [4.78, 5) is 0. The first-order valence-electron chi connectivity index (χ1n) is 5.55. The lowest BCUT2D eigenvalue weighted by Crippen LogP contribution is -2.19. The predicted octanol–water partition coefficient (Wildman–Crippen LogP) is 3.28. The van der Waals surface area contributed by atoms with Crippen LogP contribution in [0, 0.1) is 11.8 Å². The summed E-state index contributed by atoms with van der Waals surface area (Å²) in [5.41, 5.74) is 0. The SMILES string of the molecule is COc1ccccc1OCC(CS)C(C)C. The zero-order chi connectivity index (χ0) is 12.0. The van der Waals surface area contributed by atoms with Gasteiger partial charge in [-0.05, 0) is 23.8 Å². The van der Waals surface area contributed by atoms with Gasteiger partial charge in [0.2, 0.25) is 0 Å². The van der Waals surface area contributed by atoms with Crippen molar-refractivity contribution >= 4 is 12.6 Å². The quantitative estimate of drug-likeness (QED) is 0.769. The van der Waals surface area contributed by atoms with Gasteiger partial charge in [-0.25, -0.2) is 0 Å². The van der Waals surface area contributed by atoms with E-state index in [4.69, 9.17) is 9.47 Å². The maximum Gasteiger partial charge on any atom is 0.161 e. The van der Waals surface area contributed by atoms with Gasteiger partial charge in [0.25, 0.3) is 0 Å². The molecule has 0 spiro atoms. The average molecular weight is 240 g/mol. The second-order valence-electron chi connectivity index (χ2n) is 4.15. The monoisotopic (exact) mass is 240 g/mol. The Morgan fingerprint density at radius 1 is 1.19 bits per heavy atom. The zero-order valence-corrected chi connectivity index (χ0v) is 11.0. The summed E-state index contributed by atoms with van der Waals surface area (Å²) in [6.45, 7) is 5.06. The van der Waals surface area contributed by atoms with Crippen molar-refractivity contribution < 1.29 is 9.47 Å². The van der Waals surface area contributed by atoms with Crippen LogP contribution in [0.3, 0.4) is 0 Å². The molecule has 1 rings (SSSR count). The lowest BCUT2D eigenvalue weighted by molar-refractivity contribution is 0.218. The van der Waals surface area contributed by atoms with E-state index in [1.165, 1.54) is 0 Å². The molecule has 0 fully saturated rings. The Morgan fingerprint density at radius 3 is 2.31 bits per heavy atom. The van der Waals surface area contributed by atoms with Crippen LogP contribution in [0.4, 0.5) is 0 Å². The van der Waals surface area contributed by atoms with E-state index in [-0.39, 0.29) is 0 Å². The molecule has 2 nitrogen and oxygen atoms in total. The molecule has 0 aromatic heterocycles. The van der Waals surface area contributed by atoms with Crippen LogP contribution in [-0.4, -0.2) is 19.5 Å². The van der Waals surface area contributed by atoms with Crippen molar-refractivity contribution in [2.24, 2.45) is 11.8 Å². The summed E-state index contributed by atoms with van der Waals surface area (Å²) in [5, 5.41) is 0. The minimum absolute atomic E-state index is 0.466. The van der Waals surface area contributed by atoms with Crippen molar-refractivity contribution in [2.75, 3.05) is 19.5 Å². The van der Waals surface area contributed by atoms with Gasteiger partial charge in [0.15, 0.2) is 11.5 Å². The fourth-order valence-corrected chi connectivity index (χ4v) is 1.92. The fourth-order valence-electron chi connectivity index (χ4n) is 1.39. The normalized spacial score (nSPS) is 12.6. The maximum atomic E-state index is 5.77. The second kappa shape index (κ2) is 6.69. The molecule has 0 heterocycles. The highest BCUT2D eigenvalue weighted by molar-refractivity contribution is 7.80. The van der Waals surface area contributed by atoms with Gasteiger partial charge in [0.1, 0.15) is 0 Å². The first-order valence-corrected chi connectivity index (χ1v) is 6.19. The van der Waals surface area contributed by atoms with E-state index in [2.05, 4.69) is 26.5 Å². The van der Waals surface area contributed by atoms with Gasteiger partial charge < -0.3 is 9.47 Å². The summed E-state index contributed by atoms with van der Waals surface area (Å²) in [5.74, 6) is 3.47. The van der Waals surface area contributed by atoms with Crippen LogP contribution < -0.4 is 9.47 Å². The molecular formula is C13H20O2S. The molecule has 1 atom stereocenters. The fraction of sp³-hybridized carbons (Fsp3) is 0.538. The van der Waals surface area contributed by atoms with E-state index in [1.54, 1.807) is 7.11 Å². The van der Waals surface area contributed by atoms with Crippen LogP contribution in [0.15, 0.2) is 24.3 Å². The molecule has 0 aliphatic carbocycles. The first kappa shape index (κ1) is 13.2. The topological polar surface area (TPSA) is 18.5 Å². The molecular weight excluding hydrogens is 220 g/mol. The highest BCUT2D eigenvalue weighted by atomic mass is 32.1. The Morgan fingerprint density at radius 2 is 1.81 bits per heavy atom. The minimum Gasteiger partial charge on any atom is -0.493 e. The molecule has 0 saturated carbocycles. The molecule has 0 bridgehead atoms. The lowest BCUT2D eigenvalue weighted by Gasteiger charge is -2.19. The van der Waals surface area contributed by atoms with Crippen LogP contribution in [0.5, 0.6) is 11.5 Å². The predicted molar refractivity (Wildman–Crippen MR) is 70.7 cm³/mol. The second-order valence-corrected chi connectivity index (χ2v) is 4.51. The highest BCUT2D eigenvalue weighted by Gasteiger charge is 2.13. The Labute approximate surface area is 103 Å². The average Bonchev–Trinajstić information content (AvgIpc) is 2.30. The standard InChI is InChI=1S/C13H20O2S/c1-10(2)11(9-16)8-15-13-7-5-4-6-12(13)14-3/h4-7,10-11,16H,8-9H2,1-3H3. The Kier molecular flexibility index (Phi) is 5.53. The number of para-hydroxylation sites is 2. The minimum atomic E-state index is 0.466. The largest absolute Gasteiger partial charge is 0.493 e. The third-order valence-corrected chi connectivity index (χ3v) is 3.17. The Balaban J connectivity index is 2.59. The molecule has 1 unspecified atom stereocenters. The summed E-state index contributed by atoms with van der Waals surface area (Å²) in [6, 6.07) is 7.71. The van der Waals surface area contributed by atoms with Gasteiger partial charge in [-0.1, -0.05) is 26.0 Å². The number of rotatable bonds is 6. The van der Waals surface area contributed by atoms with Crippen LogP contribution in [0.2, 0.25) is 0 Å². The number of thiol groups is 1. The van der Waals surface area contributed by atoms with E-state index in [0.717, 1.165) is 17.3 Å². The summed E-state index contributed by atoms with van der Waals surface area (Å²) in [7, 11) is 1.65. The molecule has 3 heteroatoms. The molecule has 16 heavy (non-hydrogen) atoms. The Hall–Kier alpha value is -0.830. The van der Waals surface area contributed by atoms with E-state index in [0.29, 0.717) is 18.4 Å². The molecule has 0 amide bonds. The molecule has 0 radical (unpaired) electrons. The van der Waals surface area contributed by atoms with Crippen molar-refractivity contribution in [2.45, 2.75) is 13.8 Å².